The van der Waals surface area contributed by atoms with Crippen LogP contribution in [-0.2, 0) is 11.0 Å². The molecule has 25 heavy (non-hydrogen) atoms. The van der Waals surface area contributed by atoms with Crippen molar-refractivity contribution in [1.29, 1.82) is 0 Å². The van der Waals surface area contributed by atoms with Crippen molar-refractivity contribution in [3.05, 3.63) is 35.0 Å². The number of hydrogen-bond donors (Lipinski definition) is 3. The lowest BCUT2D eigenvalue weighted by Gasteiger charge is -2.15. The Morgan fingerprint density at radius 1 is 1.32 bits per heavy atom. The molecule has 1 heterocycles. The number of amides is 1. The third kappa shape index (κ3) is 3.67. The molecular formula is C16H17F3N4O2. The molecule has 9 heteroatoms. The number of anilines is 1. The van der Waals surface area contributed by atoms with Crippen molar-refractivity contribution in [2.75, 3.05) is 18.9 Å². The number of nitrogens with one attached hydrogen (secondary N) is 1. The quantitative estimate of drug-likeness (QED) is 0.565. The first-order chi connectivity index (χ1) is 11.8. The summed E-state index contributed by atoms with van der Waals surface area (Å²) in [5.74, 6) is 4.33. The van der Waals surface area contributed by atoms with Crippen LogP contribution >= 0.6 is 0 Å². The number of carbonyl (C=O) groups excluding carboxylic acids is 1. The minimum absolute atomic E-state index is 0.0629. The molecule has 1 aromatic carbocycles. The van der Waals surface area contributed by atoms with E-state index in [1.54, 1.807) is 6.07 Å². The van der Waals surface area contributed by atoms with E-state index in [0.717, 1.165) is 18.9 Å². The van der Waals surface area contributed by atoms with Crippen LogP contribution in [0.15, 0.2) is 18.2 Å². The van der Waals surface area contributed by atoms with Crippen LogP contribution in [-0.4, -0.2) is 24.0 Å². The lowest BCUT2D eigenvalue weighted by molar-refractivity contribution is -0.136. The lowest BCUT2D eigenvalue weighted by Crippen LogP contribution is -2.29. The molecule has 6 nitrogen and oxygen atoms in total. The van der Waals surface area contributed by atoms with E-state index in [9.17, 15) is 18.0 Å². The number of pyridine rings is 1. The summed E-state index contributed by atoms with van der Waals surface area (Å²) in [5, 5.41) is 2.65. The highest BCUT2D eigenvalue weighted by Gasteiger charge is 2.36. The summed E-state index contributed by atoms with van der Waals surface area (Å²) in [5.41, 5.74) is 5.22. The number of hydrogen-bond acceptors (Lipinski definition) is 5. The fourth-order valence-electron chi connectivity index (χ4n) is 2.67. The average Bonchev–Trinajstić information content (AvgIpc) is 3.38. The summed E-state index contributed by atoms with van der Waals surface area (Å²) < 4.78 is 40.4. The first kappa shape index (κ1) is 17.4. The van der Waals surface area contributed by atoms with E-state index in [1.165, 1.54) is 6.07 Å². The predicted molar refractivity (Wildman–Crippen MR) is 85.6 cm³/mol. The molecule has 1 saturated carbocycles. The number of fused-ring (bicyclic) bond motifs is 1. The number of alkyl halides is 3. The van der Waals surface area contributed by atoms with E-state index in [4.69, 9.17) is 11.6 Å². The van der Waals surface area contributed by atoms with Gasteiger partial charge >= 0.3 is 6.18 Å². The second-order valence-corrected chi connectivity index (χ2v) is 5.96. The molecule has 1 amide bonds. The van der Waals surface area contributed by atoms with Gasteiger partial charge in [-0.05, 0) is 42.5 Å². The SMILES string of the molecule is NOCCNC(=O)c1cc(N)c2cc(C3CC3)cc(C(F)(F)F)c2n1. The Kier molecular flexibility index (Phi) is 4.53. The summed E-state index contributed by atoms with van der Waals surface area (Å²) >= 11 is 0. The van der Waals surface area contributed by atoms with Gasteiger partial charge in [0.2, 0.25) is 0 Å². The summed E-state index contributed by atoms with van der Waals surface area (Å²) in [4.78, 5) is 20.3. The van der Waals surface area contributed by atoms with Crippen molar-refractivity contribution in [1.82, 2.24) is 10.3 Å². The van der Waals surface area contributed by atoms with Crippen LogP contribution in [0.2, 0.25) is 0 Å². The molecule has 1 aliphatic carbocycles. The third-order valence-electron chi connectivity index (χ3n) is 4.06. The highest BCUT2D eigenvalue weighted by atomic mass is 19.4. The van der Waals surface area contributed by atoms with Crippen LogP contribution in [0.1, 0.15) is 40.4 Å². The van der Waals surface area contributed by atoms with E-state index in [2.05, 4.69) is 15.1 Å². The summed E-state index contributed by atoms with van der Waals surface area (Å²) in [6.45, 7) is 0.162. The maximum atomic E-state index is 13.5. The van der Waals surface area contributed by atoms with Crippen LogP contribution < -0.4 is 16.9 Å². The molecule has 134 valence electrons. The van der Waals surface area contributed by atoms with Gasteiger partial charge in [-0.1, -0.05) is 0 Å². The van der Waals surface area contributed by atoms with Gasteiger partial charge in [0.15, 0.2) is 0 Å². The van der Waals surface area contributed by atoms with Crippen molar-refractivity contribution >= 4 is 22.5 Å². The van der Waals surface area contributed by atoms with Gasteiger partial charge in [0.05, 0.1) is 17.7 Å². The Balaban J connectivity index is 2.09. The van der Waals surface area contributed by atoms with Crippen LogP contribution in [0.25, 0.3) is 10.9 Å². The molecule has 1 aliphatic rings. The van der Waals surface area contributed by atoms with Gasteiger partial charge in [-0.15, -0.1) is 0 Å². The van der Waals surface area contributed by atoms with Crippen molar-refractivity contribution in [3.8, 4) is 0 Å². The zero-order chi connectivity index (χ0) is 18.2. The molecule has 0 aliphatic heterocycles. The number of rotatable bonds is 5. The van der Waals surface area contributed by atoms with Crippen LogP contribution in [0.4, 0.5) is 18.9 Å². The zero-order valence-electron chi connectivity index (χ0n) is 13.2. The smallest absolute Gasteiger partial charge is 0.398 e. The number of benzene rings is 1. The van der Waals surface area contributed by atoms with Gasteiger partial charge in [-0.25, -0.2) is 10.9 Å². The summed E-state index contributed by atoms with van der Waals surface area (Å²) in [6.07, 6.45) is -2.87. The van der Waals surface area contributed by atoms with Gasteiger partial charge in [0.25, 0.3) is 5.91 Å². The second-order valence-electron chi connectivity index (χ2n) is 5.96. The number of aromatic nitrogens is 1. The summed E-state index contributed by atoms with van der Waals surface area (Å²) in [6, 6.07) is 4.02. The molecular weight excluding hydrogens is 337 g/mol. The molecule has 0 spiro atoms. The van der Waals surface area contributed by atoms with Crippen molar-refractivity contribution < 1.29 is 22.8 Å². The van der Waals surface area contributed by atoms with Crippen molar-refractivity contribution in [3.63, 3.8) is 0 Å². The van der Waals surface area contributed by atoms with Gasteiger partial charge in [0.1, 0.15) is 5.69 Å². The third-order valence-corrected chi connectivity index (χ3v) is 4.06. The first-order valence-corrected chi connectivity index (χ1v) is 7.72. The Bertz CT molecular complexity index is 819. The summed E-state index contributed by atoms with van der Waals surface area (Å²) in [7, 11) is 0. The monoisotopic (exact) mass is 354 g/mol. The number of nitrogens with two attached hydrogens (primary N) is 2. The first-order valence-electron chi connectivity index (χ1n) is 7.72. The Morgan fingerprint density at radius 3 is 2.64 bits per heavy atom. The molecule has 5 N–H and O–H groups in total. The maximum Gasteiger partial charge on any atom is 0.418 e. The number of nitrogens with zero attached hydrogens (tertiary/aromatic N) is 1. The van der Waals surface area contributed by atoms with Crippen LogP contribution in [0.5, 0.6) is 0 Å². The van der Waals surface area contributed by atoms with Crippen LogP contribution in [0, 0.1) is 0 Å². The van der Waals surface area contributed by atoms with Gasteiger partial charge in [-0.3, -0.25) is 4.79 Å². The molecule has 1 fully saturated rings. The Labute approximate surface area is 141 Å². The Hall–Kier alpha value is -2.39. The minimum Gasteiger partial charge on any atom is -0.398 e. The van der Waals surface area contributed by atoms with E-state index in [1.807, 2.05) is 0 Å². The van der Waals surface area contributed by atoms with Crippen LogP contribution in [0.3, 0.4) is 0 Å². The number of carbonyl (C=O) groups is 1. The van der Waals surface area contributed by atoms with Crippen molar-refractivity contribution in [2.45, 2.75) is 24.9 Å². The highest BCUT2D eigenvalue weighted by Crippen LogP contribution is 2.44. The number of halogens is 3. The fraction of sp³-hybridized carbons (Fsp3) is 0.375. The molecule has 0 atom stereocenters. The van der Waals surface area contributed by atoms with Gasteiger partial charge in [-0.2, -0.15) is 13.2 Å². The van der Waals surface area contributed by atoms with E-state index in [0.29, 0.717) is 5.56 Å². The normalized spacial score (nSPS) is 14.7. The fourth-order valence-corrected chi connectivity index (χ4v) is 2.67. The van der Waals surface area contributed by atoms with Gasteiger partial charge < -0.3 is 15.9 Å². The molecule has 1 aromatic heterocycles. The molecule has 0 unspecified atom stereocenters. The van der Waals surface area contributed by atoms with E-state index in [-0.39, 0.29) is 41.4 Å². The minimum atomic E-state index is -4.59. The standard InChI is InChI=1S/C16H17F3N4O2/c17-16(18,19)11-6-9(8-1-2-8)5-10-12(20)7-13(23-14(10)11)15(24)22-3-4-25-21/h5-8H,1-4,21H2,(H2,20,23)(H,22,24). The largest absolute Gasteiger partial charge is 0.418 e. The molecule has 0 saturated heterocycles. The zero-order valence-corrected chi connectivity index (χ0v) is 13.2. The second kappa shape index (κ2) is 6.49. The number of nitrogen functional groups attached to an aromatic ring is 1. The molecule has 2 aromatic rings. The predicted octanol–water partition coefficient (Wildman–Crippen LogP) is 2.33. The molecule has 0 radical (unpaired) electrons. The Morgan fingerprint density at radius 2 is 2.04 bits per heavy atom. The average molecular weight is 354 g/mol. The molecule has 3 rings (SSSR count). The molecule has 0 bridgehead atoms. The topological polar surface area (TPSA) is 103 Å². The van der Waals surface area contributed by atoms with E-state index < -0.39 is 17.6 Å². The lowest BCUT2D eigenvalue weighted by atomic mass is 10.00. The van der Waals surface area contributed by atoms with E-state index >= 15 is 0 Å². The maximum absolute atomic E-state index is 13.5. The van der Waals surface area contributed by atoms with Gasteiger partial charge in [0, 0.05) is 17.6 Å². The van der Waals surface area contributed by atoms with Crippen molar-refractivity contribution in [2.24, 2.45) is 5.90 Å². The highest BCUT2D eigenvalue weighted by molar-refractivity contribution is 6.00.